The molecular weight excluding hydrogens is 360 g/mol. The molecule has 1 aromatic heterocycles. The summed E-state index contributed by atoms with van der Waals surface area (Å²) < 4.78 is 12.2. The average molecular weight is 379 g/mol. The Morgan fingerprint density at radius 3 is 2.91 bits per heavy atom. The molecule has 1 aliphatic heterocycles. The molecule has 1 saturated heterocycles. The highest BCUT2D eigenvalue weighted by atomic mass is 79.9. The lowest BCUT2D eigenvalue weighted by atomic mass is 10.2. The smallest absolute Gasteiger partial charge is 0.220 e. The number of nitrogens with zero attached hydrogens (tertiary/aromatic N) is 1. The molecular formula is C17H19BrN2O3. The van der Waals surface area contributed by atoms with Gasteiger partial charge in [-0.15, -0.1) is 0 Å². The maximum absolute atomic E-state index is 11.8. The molecule has 1 N–H and O–H groups in total. The van der Waals surface area contributed by atoms with Gasteiger partial charge in [0, 0.05) is 36.0 Å². The van der Waals surface area contributed by atoms with Gasteiger partial charge in [-0.05, 0) is 25.0 Å². The number of ether oxygens (including phenoxy) is 1. The lowest BCUT2D eigenvalue weighted by molar-refractivity contribution is -0.121. The third-order valence-electron chi connectivity index (χ3n) is 3.80. The number of benzene rings is 1. The van der Waals surface area contributed by atoms with E-state index in [0.29, 0.717) is 31.0 Å². The van der Waals surface area contributed by atoms with Crippen LogP contribution in [0.3, 0.4) is 0 Å². The molecule has 0 bridgehead atoms. The second-order valence-electron chi connectivity index (χ2n) is 5.56. The van der Waals surface area contributed by atoms with E-state index in [1.807, 2.05) is 24.3 Å². The van der Waals surface area contributed by atoms with E-state index >= 15 is 0 Å². The van der Waals surface area contributed by atoms with Crippen LogP contribution in [0.2, 0.25) is 0 Å². The molecule has 0 radical (unpaired) electrons. The summed E-state index contributed by atoms with van der Waals surface area (Å²) in [6.45, 7) is 1.39. The second kappa shape index (κ2) is 7.75. The number of rotatable bonds is 6. The molecule has 2 heterocycles. The van der Waals surface area contributed by atoms with Crippen molar-refractivity contribution < 1.29 is 13.9 Å². The van der Waals surface area contributed by atoms with Crippen molar-refractivity contribution >= 4 is 21.8 Å². The van der Waals surface area contributed by atoms with Crippen molar-refractivity contribution in [3.63, 3.8) is 0 Å². The summed E-state index contributed by atoms with van der Waals surface area (Å²) in [5.41, 5.74) is 0.967. The van der Waals surface area contributed by atoms with Crippen molar-refractivity contribution in [3.05, 3.63) is 40.8 Å². The Bertz CT molecular complexity index is 648. The molecule has 1 aromatic carbocycles. The van der Waals surface area contributed by atoms with Crippen molar-refractivity contribution in [3.8, 4) is 11.3 Å². The topological polar surface area (TPSA) is 64.4 Å². The van der Waals surface area contributed by atoms with Crippen molar-refractivity contribution in [1.29, 1.82) is 0 Å². The van der Waals surface area contributed by atoms with Gasteiger partial charge >= 0.3 is 0 Å². The monoisotopic (exact) mass is 378 g/mol. The van der Waals surface area contributed by atoms with Crippen LogP contribution in [-0.2, 0) is 16.0 Å². The number of oxazole rings is 1. The fraction of sp³-hybridized carbons (Fsp3) is 0.412. The maximum atomic E-state index is 11.8. The zero-order chi connectivity index (χ0) is 16.1. The van der Waals surface area contributed by atoms with E-state index in [1.54, 1.807) is 6.20 Å². The first kappa shape index (κ1) is 16.2. The Balaban J connectivity index is 1.47. The number of aryl methyl sites for hydroxylation is 1. The third-order valence-corrected chi connectivity index (χ3v) is 4.33. The first-order valence-corrected chi connectivity index (χ1v) is 8.59. The third kappa shape index (κ3) is 4.65. The van der Waals surface area contributed by atoms with Crippen LogP contribution >= 0.6 is 15.9 Å². The van der Waals surface area contributed by atoms with Gasteiger partial charge in [-0.25, -0.2) is 4.98 Å². The Morgan fingerprint density at radius 1 is 1.35 bits per heavy atom. The van der Waals surface area contributed by atoms with E-state index in [1.165, 1.54) is 0 Å². The molecule has 122 valence electrons. The largest absolute Gasteiger partial charge is 0.441 e. The molecule has 1 fully saturated rings. The van der Waals surface area contributed by atoms with E-state index in [4.69, 9.17) is 9.15 Å². The summed E-state index contributed by atoms with van der Waals surface area (Å²) in [5.74, 6) is 1.30. The Kier molecular flexibility index (Phi) is 5.46. The summed E-state index contributed by atoms with van der Waals surface area (Å²) in [5, 5.41) is 2.90. The van der Waals surface area contributed by atoms with Crippen molar-refractivity contribution in [2.75, 3.05) is 13.2 Å². The highest BCUT2D eigenvalue weighted by Crippen LogP contribution is 2.22. The minimum atomic E-state index is 0.00360. The molecule has 0 aliphatic carbocycles. The summed E-state index contributed by atoms with van der Waals surface area (Å²) in [6.07, 6.45) is 4.83. The Labute approximate surface area is 143 Å². The number of nitrogens with one attached hydrogen (secondary N) is 1. The standard InChI is InChI=1S/C17H19BrN2O3/c18-13-5-3-12(4-6-13)15-11-20-17(23-15)8-7-16(21)19-10-14-2-1-9-22-14/h3-6,11,14H,1-2,7-10H2,(H,19,21)/t14-/m1/s1. The highest BCUT2D eigenvalue weighted by Gasteiger charge is 2.16. The molecule has 5 nitrogen and oxygen atoms in total. The molecule has 1 atom stereocenters. The van der Waals surface area contributed by atoms with Gasteiger partial charge in [0.25, 0.3) is 0 Å². The van der Waals surface area contributed by atoms with Crippen LogP contribution in [0.25, 0.3) is 11.3 Å². The number of aromatic nitrogens is 1. The quantitative estimate of drug-likeness (QED) is 0.836. The number of carbonyl (C=O) groups excluding carboxylic acids is 1. The van der Waals surface area contributed by atoms with Gasteiger partial charge in [0.2, 0.25) is 5.91 Å². The van der Waals surface area contributed by atoms with E-state index in [2.05, 4.69) is 26.2 Å². The van der Waals surface area contributed by atoms with Crippen LogP contribution in [0.5, 0.6) is 0 Å². The first-order chi connectivity index (χ1) is 11.2. The van der Waals surface area contributed by atoms with E-state index in [-0.39, 0.29) is 12.0 Å². The molecule has 1 amide bonds. The van der Waals surface area contributed by atoms with Crippen molar-refractivity contribution in [1.82, 2.24) is 10.3 Å². The lowest BCUT2D eigenvalue weighted by Crippen LogP contribution is -2.31. The molecule has 3 rings (SSSR count). The first-order valence-electron chi connectivity index (χ1n) is 7.79. The van der Waals surface area contributed by atoms with Gasteiger partial charge in [-0.2, -0.15) is 0 Å². The van der Waals surface area contributed by atoms with Crippen LogP contribution in [0.1, 0.15) is 25.2 Å². The van der Waals surface area contributed by atoms with Gasteiger partial charge in [0.15, 0.2) is 11.7 Å². The van der Waals surface area contributed by atoms with Crippen LogP contribution in [0.15, 0.2) is 39.4 Å². The number of amides is 1. The Hall–Kier alpha value is -1.66. The lowest BCUT2D eigenvalue weighted by Gasteiger charge is -2.10. The van der Waals surface area contributed by atoms with Gasteiger partial charge in [-0.3, -0.25) is 4.79 Å². The molecule has 0 spiro atoms. The van der Waals surface area contributed by atoms with Gasteiger partial charge in [0.1, 0.15) is 0 Å². The maximum Gasteiger partial charge on any atom is 0.220 e. The van der Waals surface area contributed by atoms with Crippen molar-refractivity contribution in [2.24, 2.45) is 0 Å². The molecule has 0 unspecified atom stereocenters. The van der Waals surface area contributed by atoms with Crippen LogP contribution in [0, 0.1) is 0 Å². The summed E-state index contributed by atoms with van der Waals surface area (Å²) in [6, 6.07) is 7.83. The number of halogens is 1. The number of hydrogen-bond acceptors (Lipinski definition) is 4. The zero-order valence-corrected chi connectivity index (χ0v) is 14.3. The zero-order valence-electron chi connectivity index (χ0n) is 12.8. The fourth-order valence-corrected chi connectivity index (χ4v) is 2.78. The molecule has 0 saturated carbocycles. The number of hydrogen-bond donors (Lipinski definition) is 1. The predicted molar refractivity (Wildman–Crippen MR) is 89.9 cm³/mol. The molecule has 6 heteroatoms. The van der Waals surface area contributed by atoms with Crippen molar-refractivity contribution in [2.45, 2.75) is 31.8 Å². The second-order valence-corrected chi connectivity index (χ2v) is 6.48. The number of carbonyl (C=O) groups is 1. The summed E-state index contributed by atoms with van der Waals surface area (Å²) >= 11 is 3.40. The molecule has 2 aromatic rings. The summed E-state index contributed by atoms with van der Waals surface area (Å²) in [7, 11) is 0. The van der Waals surface area contributed by atoms with E-state index in [0.717, 1.165) is 29.5 Å². The molecule has 23 heavy (non-hydrogen) atoms. The Morgan fingerprint density at radius 2 is 2.17 bits per heavy atom. The van der Waals surface area contributed by atoms with Crippen LogP contribution in [-0.4, -0.2) is 30.1 Å². The van der Waals surface area contributed by atoms with Gasteiger partial charge < -0.3 is 14.5 Å². The van der Waals surface area contributed by atoms with Crippen LogP contribution in [0.4, 0.5) is 0 Å². The minimum Gasteiger partial charge on any atom is -0.441 e. The van der Waals surface area contributed by atoms with E-state index < -0.39 is 0 Å². The minimum absolute atomic E-state index is 0.00360. The van der Waals surface area contributed by atoms with Gasteiger partial charge in [0.05, 0.1) is 12.3 Å². The summed E-state index contributed by atoms with van der Waals surface area (Å²) in [4.78, 5) is 16.1. The normalized spacial score (nSPS) is 17.3. The predicted octanol–water partition coefficient (Wildman–Crippen LogP) is 3.33. The SMILES string of the molecule is O=C(CCc1ncc(-c2ccc(Br)cc2)o1)NC[C@H]1CCCO1. The molecule has 1 aliphatic rings. The fourth-order valence-electron chi connectivity index (χ4n) is 2.52. The van der Waals surface area contributed by atoms with E-state index in [9.17, 15) is 4.79 Å². The van der Waals surface area contributed by atoms with Gasteiger partial charge in [-0.1, -0.05) is 28.1 Å². The highest BCUT2D eigenvalue weighted by molar-refractivity contribution is 9.10. The van der Waals surface area contributed by atoms with Crippen LogP contribution < -0.4 is 5.32 Å². The average Bonchev–Trinajstić information content (AvgIpc) is 3.23.